The van der Waals surface area contributed by atoms with Gasteiger partial charge in [-0.25, -0.2) is 0 Å². The first-order chi connectivity index (χ1) is 12.7. The van der Waals surface area contributed by atoms with Crippen LogP contribution in [0.4, 0.5) is 0 Å². The molecule has 1 radical (unpaired) electrons. The summed E-state index contributed by atoms with van der Waals surface area (Å²) in [6, 6.07) is 19.2. The maximum absolute atomic E-state index is 5.07. The van der Waals surface area contributed by atoms with E-state index in [0.717, 1.165) is 11.1 Å². The third-order valence-electron chi connectivity index (χ3n) is 3.23. The molecule has 0 amide bonds. The van der Waals surface area contributed by atoms with Crippen LogP contribution >= 0.6 is 0 Å². The minimum absolute atomic E-state index is 0. The number of hydrogen-bond donors (Lipinski definition) is 2. The molecular weight excluding hydrogens is 428 g/mol. The number of nitrogens with zero attached hydrogens (tertiary/aromatic N) is 4. The quantitative estimate of drug-likeness (QED) is 0.243. The van der Waals surface area contributed by atoms with Gasteiger partial charge in [0.2, 0.25) is 0 Å². The number of hydrogen-bond acceptors (Lipinski definition) is 6. The Hall–Kier alpha value is -2.32. The molecule has 27 heavy (non-hydrogen) atoms. The summed E-state index contributed by atoms with van der Waals surface area (Å²) in [7, 11) is 3.38. The SMILES string of the molecule is CNC([S-])=NN=C(C(=NN=C([S-])NC)c1ccccc1)c1ccccc1.[Cu+2]. The topological polar surface area (TPSA) is 73.5 Å². The molecule has 0 unspecified atom stereocenters. The van der Waals surface area contributed by atoms with Crippen molar-refractivity contribution in [3.63, 3.8) is 0 Å². The van der Waals surface area contributed by atoms with E-state index in [-0.39, 0.29) is 27.4 Å². The van der Waals surface area contributed by atoms with Crippen LogP contribution in [0.5, 0.6) is 0 Å². The maximum Gasteiger partial charge on any atom is 2.00 e. The fraction of sp³-hybridized carbons (Fsp3) is 0.111. The van der Waals surface area contributed by atoms with Crippen LogP contribution in [0.1, 0.15) is 11.1 Å². The second-order valence-electron chi connectivity index (χ2n) is 4.94. The van der Waals surface area contributed by atoms with Crippen LogP contribution in [0.2, 0.25) is 0 Å². The van der Waals surface area contributed by atoms with Crippen molar-refractivity contribution in [3.8, 4) is 0 Å². The molecule has 0 aliphatic heterocycles. The molecule has 0 aliphatic carbocycles. The van der Waals surface area contributed by atoms with Gasteiger partial charge in [0.05, 0.1) is 0 Å². The van der Waals surface area contributed by atoms with Crippen molar-refractivity contribution in [1.29, 1.82) is 0 Å². The summed E-state index contributed by atoms with van der Waals surface area (Å²) < 4.78 is 0. The van der Waals surface area contributed by atoms with Crippen molar-refractivity contribution in [3.05, 3.63) is 71.8 Å². The normalized spacial score (nSPS) is 13.0. The van der Waals surface area contributed by atoms with E-state index in [1.807, 2.05) is 60.7 Å². The van der Waals surface area contributed by atoms with Crippen molar-refractivity contribution >= 4 is 47.0 Å². The molecule has 0 aliphatic rings. The third kappa shape index (κ3) is 7.07. The van der Waals surface area contributed by atoms with Gasteiger partial charge in [-0.2, -0.15) is 10.2 Å². The molecular formula is C18H18CuN6S2. The van der Waals surface area contributed by atoms with Crippen LogP contribution in [0.15, 0.2) is 81.1 Å². The molecule has 0 saturated carbocycles. The van der Waals surface area contributed by atoms with Gasteiger partial charge in [-0.3, -0.25) is 0 Å². The Balaban J connectivity index is 0.00000364. The molecule has 0 saturated heterocycles. The van der Waals surface area contributed by atoms with Gasteiger partial charge >= 0.3 is 17.1 Å². The van der Waals surface area contributed by atoms with Crippen LogP contribution in [0, 0.1) is 0 Å². The molecule has 0 atom stereocenters. The average Bonchev–Trinajstić information content (AvgIpc) is 2.71. The zero-order valence-corrected chi connectivity index (χ0v) is 17.3. The number of rotatable bonds is 5. The van der Waals surface area contributed by atoms with E-state index < -0.39 is 0 Å². The van der Waals surface area contributed by atoms with E-state index in [1.54, 1.807) is 14.1 Å². The first-order valence-corrected chi connectivity index (χ1v) is 8.59. The van der Waals surface area contributed by atoms with Gasteiger partial charge in [-0.15, -0.1) is 10.2 Å². The second kappa shape index (κ2) is 12.1. The van der Waals surface area contributed by atoms with E-state index in [4.69, 9.17) is 25.3 Å². The predicted molar refractivity (Wildman–Crippen MR) is 114 cm³/mol. The van der Waals surface area contributed by atoms with E-state index in [2.05, 4.69) is 31.0 Å². The standard InChI is InChI=1S/C18H20N6S2.Cu/c1-19-17(25)23-21-15(13-9-5-3-6-10-13)16(22-24-18(26)20-2)14-11-7-4-8-12-14;/h3-12H,1-2H3,(H2,19,23,25)(H2,20,24,26);/q;+2/p-2. The summed E-state index contributed by atoms with van der Waals surface area (Å²) in [5, 5.41) is 22.8. The molecule has 0 fully saturated rings. The minimum Gasteiger partial charge on any atom is -0.741 e. The number of amidine groups is 2. The number of nitrogens with one attached hydrogen (secondary N) is 2. The van der Waals surface area contributed by atoms with Crippen molar-refractivity contribution in [2.45, 2.75) is 0 Å². The molecule has 2 rings (SSSR count). The van der Waals surface area contributed by atoms with E-state index in [0.29, 0.717) is 11.4 Å². The average molecular weight is 446 g/mol. The predicted octanol–water partition coefficient (Wildman–Crippen LogP) is 2.04. The van der Waals surface area contributed by atoms with Crippen LogP contribution in [0.3, 0.4) is 0 Å². The van der Waals surface area contributed by atoms with Crippen LogP contribution in [-0.4, -0.2) is 35.9 Å². The molecule has 6 nitrogen and oxygen atoms in total. The Morgan fingerprint density at radius 2 is 0.963 bits per heavy atom. The third-order valence-corrected chi connectivity index (χ3v) is 3.80. The Bertz CT molecular complexity index is 764. The minimum atomic E-state index is 0. The Labute approximate surface area is 180 Å². The van der Waals surface area contributed by atoms with E-state index in [1.165, 1.54) is 0 Å². The first-order valence-electron chi connectivity index (χ1n) is 7.77. The van der Waals surface area contributed by atoms with E-state index in [9.17, 15) is 0 Å². The summed E-state index contributed by atoms with van der Waals surface area (Å²) in [5.41, 5.74) is 2.75. The summed E-state index contributed by atoms with van der Waals surface area (Å²) in [4.78, 5) is 0. The van der Waals surface area contributed by atoms with Crippen LogP contribution < -0.4 is 10.6 Å². The second-order valence-corrected chi connectivity index (χ2v) is 5.71. The molecule has 2 aromatic carbocycles. The Morgan fingerprint density at radius 1 is 0.630 bits per heavy atom. The molecule has 2 N–H and O–H groups in total. The smallest absolute Gasteiger partial charge is 0.741 e. The molecule has 143 valence electrons. The molecule has 9 heteroatoms. The Morgan fingerprint density at radius 3 is 1.26 bits per heavy atom. The zero-order chi connectivity index (χ0) is 18.8. The van der Waals surface area contributed by atoms with Gasteiger partial charge in [0, 0.05) is 25.2 Å². The van der Waals surface area contributed by atoms with Crippen molar-refractivity contribution in [2.75, 3.05) is 14.1 Å². The number of benzene rings is 2. The molecule has 0 aromatic heterocycles. The monoisotopic (exact) mass is 445 g/mol. The van der Waals surface area contributed by atoms with Gasteiger partial charge in [-0.1, -0.05) is 60.7 Å². The maximum atomic E-state index is 5.07. The van der Waals surface area contributed by atoms with Crippen LogP contribution in [-0.2, 0) is 42.3 Å². The van der Waals surface area contributed by atoms with Gasteiger partial charge in [0.25, 0.3) is 0 Å². The van der Waals surface area contributed by atoms with Crippen molar-refractivity contribution in [1.82, 2.24) is 10.6 Å². The van der Waals surface area contributed by atoms with Gasteiger partial charge in [0.1, 0.15) is 11.4 Å². The van der Waals surface area contributed by atoms with Crippen molar-refractivity contribution in [2.24, 2.45) is 20.4 Å². The molecule has 0 heterocycles. The largest absolute Gasteiger partial charge is 2.00 e. The van der Waals surface area contributed by atoms with Gasteiger partial charge in [-0.05, 0) is 10.3 Å². The summed E-state index contributed by atoms with van der Waals surface area (Å²) in [6.45, 7) is 0. The van der Waals surface area contributed by atoms with Gasteiger partial charge in [0.15, 0.2) is 0 Å². The first kappa shape index (κ1) is 22.7. The fourth-order valence-corrected chi connectivity index (χ4v) is 2.05. The van der Waals surface area contributed by atoms with Crippen LogP contribution in [0.25, 0.3) is 0 Å². The summed E-state index contributed by atoms with van der Waals surface area (Å²) in [6.07, 6.45) is 0. The summed E-state index contributed by atoms with van der Waals surface area (Å²) in [5.74, 6) is 0. The Kier molecular flexibility index (Phi) is 10.2. The zero-order valence-electron chi connectivity index (χ0n) is 14.7. The molecule has 0 bridgehead atoms. The fourth-order valence-electron chi connectivity index (χ4n) is 1.97. The summed E-state index contributed by atoms with van der Waals surface area (Å²) >= 11 is 10.1. The van der Waals surface area contributed by atoms with E-state index >= 15 is 0 Å². The molecule has 0 spiro atoms. The molecule has 2 aromatic rings. The van der Waals surface area contributed by atoms with Crippen molar-refractivity contribution < 1.29 is 17.1 Å². The van der Waals surface area contributed by atoms with Gasteiger partial charge < -0.3 is 35.9 Å².